The molecule has 0 radical (unpaired) electrons. The molecule has 0 unspecified atom stereocenters. The van der Waals surface area contributed by atoms with E-state index in [1.165, 1.54) is 9.87 Å². The molecule has 0 aliphatic carbocycles. The molecule has 1 aliphatic rings. The van der Waals surface area contributed by atoms with Crippen LogP contribution in [0.2, 0.25) is 0 Å². The van der Waals surface area contributed by atoms with E-state index < -0.39 is 10.0 Å². The van der Waals surface area contributed by atoms with Crippen molar-refractivity contribution in [2.24, 2.45) is 5.92 Å². The second kappa shape index (κ2) is 10.6. The average molecular weight is 493 g/mol. The van der Waals surface area contributed by atoms with Gasteiger partial charge in [0.2, 0.25) is 15.9 Å². The van der Waals surface area contributed by atoms with Crippen molar-refractivity contribution in [3.05, 3.63) is 70.2 Å². The van der Waals surface area contributed by atoms with Gasteiger partial charge < -0.3 is 5.32 Å². The number of halogens is 1. The van der Waals surface area contributed by atoms with E-state index in [4.69, 9.17) is 0 Å². The molecule has 3 rings (SSSR count). The Bertz CT molecular complexity index is 942. The minimum atomic E-state index is -3.38. The van der Waals surface area contributed by atoms with Crippen LogP contribution in [0.15, 0.2) is 59.1 Å². The molecule has 1 saturated heterocycles. The van der Waals surface area contributed by atoms with E-state index in [9.17, 15) is 13.2 Å². The van der Waals surface area contributed by atoms with E-state index in [2.05, 4.69) is 33.4 Å². The molecule has 1 atom stereocenters. The number of benzene rings is 2. The van der Waals surface area contributed by atoms with Crippen molar-refractivity contribution in [1.82, 2.24) is 9.62 Å². The summed E-state index contributed by atoms with van der Waals surface area (Å²) in [5.74, 6) is -0.0964. The van der Waals surface area contributed by atoms with Gasteiger partial charge >= 0.3 is 0 Å². The van der Waals surface area contributed by atoms with E-state index in [0.29, 0.717) is 25.9 Å². The summed E-state index contributed by atoms with van der Waals surface area (Å²) in [4.78, 5) is 12.6. The number of carbonyl (C=O) groups is 1. The van der Waals surface area contributed by atoms with Gasteiger partial charge in [-0.3, -0.25) is 4.79 Å². The summed E-state index contributed by atoms with van der Waals surface area (Å²) >= 11 is 3.38. The second-order valence-electron chi connectivity index (χ2n) is 7.99. The smallest absolute Gasteiger partial charge is 0.223 e. The molecule has 2 aromatic rings. The van der Waals surface area contributed by atoms with Gasteiger partial charge in [0.15, 0.2) is 0 Å². The maximum Gasteiger partial charge on any atom is 0.223 e. The predicted octanol–water partition coefficient (Wildman–Crippen LogP) is 4.13. The summed E-state index contributed by atoms with van der Waals surface area (Å²) < 4.78 is 27.9. The first-order chi connectivity index (χ1) is 14.3. The summed E-state index contributed by atoms with van der Waals surface area (Å²) in [7, 11) is -3.38. The van der Waals surface area contributed by atoms with Gasteiger partial charge in [0, 0.05) is 29.5 Å². The topological polar surface area (TPSA) is 66.5 Å². The van der Waals surface area contributed by atoms with Crippen LogP contribution in [0.3, 0.4) is 0 Å². The molecule has 5 nitrogen and oxygen atoms in total. The molecule has 1 fully saturated rings. The molecule has 0 aromatic heterocycles. The predicted molar refractivity (Wildman–Crippen MR) is 123 cm³/mol. The quantitative estimate of drug-likeness (QED) is 0.602. The van der Waals surface area contributed by atoms with Gasteiger partial charge in [-0.2, -0.15) is 0 Å². The van der Waals surface area contributed by atoms with Crippen LogP contribution in [0.4, 0.5) is 0 Å². The minimum Gasteiger partial charge on any atom is -0.353 e. The molecular weight excluding hydrogens is 464 g/mol. The number of piperidine rings is 1. The summed E-state index contributed by atoms with van der Waals surface area (Å²) in [6.07, 6.45) is 2.94. The van der Waals surface area contributed by atoms with E-state index in [1.54, 1.807) is 0 Å². The lowest BCUT2D eigenvalue weighted by molar-refractivity contribution is -0.126. The van der Waals surface area contributed by atoms with Crippen molar-refractivity contribution in [2.75, 3.05) is 13.1 Å². The van der Waals surface area contributed by atoms with Gasteiger partial charge in [-0.1, -0.05) is 58.4 Å². The van der Waals surface area contributed by atoms with E-state index in [-0.39, 0.29) is 23.6 Å². The molecule has 162 valence electrons. The van der Waals surface area contributed by atoms with Crippen LogP contribution < -0.4 is 5.32 Å². The fourth-order valence-corrected chi connectivity index (χ4v) is 5.78. The summed E-state index contributed by atoms with van der Waals surface area (Å²) in [5, 5.41) is 3.11. The van der Waals surface area contributed by atoms with Crippen molar-refractivity contribution in [3.8, 4) is 0 Å². The zero-order valence-corrected chi connectivity index (χ0v) is 19.7. The number of hydrogen-bond acceptors (Lipinski definition) is 3. The first-order valence-electron chi connectivity index (χ1n) is 10.4. The van der Waals surface area contributed by atoms with E-state index in [1.807, 2.05) is 49.4 Å². The van der Waals surface area contributed by atoms with Gasteiger partial charge in [-0.25, -0.2) is 12.7 Å². The van der Waals surface area contributed by atoms with Crippen LogP contribution in [-0.4, -0.2) is 37.8 Å². The molecule has 0 bridgehead atoms. The van der Waals surface area contributed by atoms with Crippen molar-refractivity contribution < 1.29 is 13.2 Å². The number of nitrogens with zero attached hydrogens (tertiary/aromatic N) is 1. The Balaban J connectivity index is 1.45. The monoisotopic (exact) mass is 492 g/mol. The van der Waals surface area contributed by atoms with Crippen molar-refractivity contribution in [1.29, 1.82) is 0 Å². The standard InChI is InChI=1S/C23H29BrN2O3S/c1-18(10-11-19-6-3-2-4-7-19)25-23(27)21-12-14-26(15-13-21)30(28,29)17-20-8-5-9-22(24)16-20/h2-9,16,18,21H,10-15,17H2,1H3,(H,25,27)/t18-/m1/s1. The highest BCUT2D eigenvalue weighted by molar-refractivity contribution is 9.10. The lowest BCUT2D eigenvalue weighted by atomic mass is 9.96. The third-order valence-corrected chi connectivity index (χ3v) is 7.90. The number of amides is 1. The maximum atomic E-state index is 12.8. The Labute approximate surface area is 188 Å². The summed E-state index contributed by atoms with van der Waals surface area (Å²) in [6, 6.07) is 17.7. The highest BCUT2D eigenvalue weighted by Crippen LogP contribution is 2.23. The van der Waals surface area contributed by atoms with Gasteiger partial charge in [0.1, 0.15) is 0 Å². The molecule has 1 amide bonds. The number of carbonyl (C=O) groups excluding carboxylic acids is 1. The number of sulfonamides is 1. The lowest BCUT2D eigenvalue weighted by Crippen LogP contribution is -2.45. The Hall–Kier alpha value is -1.70. The SMILES string of the molecule is C[C@H](CCc1ccccc1)NC(=O)C1CCN(S(=O)(=O)Cc2cccc(Br)c2)CC1. The first kappa shape index (κ1) is 23.0. The zero-order valence-electron chi connectivity index (χ0n) is 17.3. The number of nitrogens with one attached hydrogen (secondary N) is 1. The number of hydrogen-bond donors (Lipinski definition) is 1. The molecule has 7 heteroatoms. The van der Waals surface area contributed by atoms with Gasteiger partial charge in [0.05, 0.1) is 5.75 Å². The van der Waals surface area contributed by atoms with Crippen LogP contribution in [0.25, 0.3) is 0 Å². The fourth-order valence-electron chi connectivity index (χ4n) is 3.79. The molecule has 0 saturated carbocycles. The molecule has 30 heavy (non-hydrogen) atoms. The van der Waals surface area contributed by atoms with Crippen LogP contribution in [0.5, 0.6) is 0 Å². The molecule has 1 N–H and O–H groups in total. The molecule has 0 spiro atoms. The first-order valence-corrected chi connectivity index (χ1v) is 12.8. The van der Waals surface area contributed by atoms with Crippen molar-refractivity contribution in [2.45, 2.75) is 44.4 Å². The normalized spacial score (nSPS) is 16.9. The Kier molecular flexibility index (Phi) is 8.08. The molecule has 1 aliphatic heterocycles. The van der Waals surface area contributed by atoms with Crippen molar-refractivity contribution in [3.63, 3.8) is 0 Å². The third kappa shape index (κ3) is 6.65. The van der Waals surface area contributed by atoms with Crippen molar-refractivity contribution >= 4 is 31.9 Å². The van der Waals surface area contributed by atoms with Crippen LogP contribution in [-0.2, 0) is 27.0 Å². The highest BCUT2D eigenvalue weighted by Gasteiger charge is 2.31. The van der Waals surface area contributed by atoms with Gasteiger partial charge in [-0.15, -0.1) is 0 Å². The van der Waals surface area contributed by atoms with E-state index >= 15 is 0 Å². The fraction of sp³-hybridized carbons (Fsp3) is 0.435. The summed E-state index contributed by atoms with van der Waals surface area (Å²) in [5.41, 5.74) is 2.03. The van der Waals surface area contributed by atoms with Crippen LogP contribution >= 0.6 is 15.9 Å². The number of aryl methyl sites for hydroxylation is 1. The lowest BCUT2D eigenvalue weighted by Gasteiger charge is -2.31. The van der Waals surface area contributed by atoms with Crippen LogP contribution in [0.1, 0.15) is 37.3 Å². The van der Waals surface area contributed by atoms with E-state index in [0.717, 1.165) is 22.9 Å². The molecule has 1 heterocycles. The highest BCUT2D eigenvalue weighted by atomic mass is 79.9. The number of rotatable bonds is 8. The largest absolute Gasteiger partial charge is 0.353 e. The van der Waals surface area contributed by atoms with Gasteiger partial charge in [-0.05, 0) is 55.9 Å². The van der Waals surface area contributed by atoms with Crippen LogP contribution in [0, 0.1) is 5.92 Å². The van der Waals surface area contributed by atoms with Gasteiger partial charge in [0.25, 0.3) is 0 Å². The zero-order chi connectivity index (χ0) is 21.6. The second-order valence-corrected chi connectivity index (χ2v) is 10.9. The minimum absolute atomic E-state index is 0.0141. The summed E-state index contributed by atoms with van der Waals surface area (Å²) in [6.45, 7) is 2.82. The average Bonchev–Trinajstić information content (AvgIpc) is 2.73. The third-order valence-electron chi connectivity index (χ3n) is 5.55. The Morgan fingerprint density at radius 2 is 1.77 bits per heavy atom. The Morgan fingerprint density at radius 1 is 1.10 bits per heavy atom. The maximum absolute atomic E-state index is 12.8. The molecule has 2 aromatic carbocycles. The Morgan fingerprint density at radius 3 is 2.43 bits per heavy atom. The molecular formula is C23H29BrN2O3S.